The van der Waals surface area contributed by atoms with Gasteiger partial charge in [-0.05, 0) is 25.2 Å². The van der Waals surface area contributed by atoms with Gasteiger partial charge in [0.1, 0.15) is 11.6 Å². The zero-order valence-electron chi connectivity index (χ0n) is 11.9. The smallest absolute Gasteiger partial charge is 0.223 e. The Kier molecular flexibility index (Phi) is 4.82. The summed E-state index contributed by atoms with van der Waals surface area (Å²) in [6.07, 6.45) is 6.20. The highest BCUT2D eigenvalue weighted by atomic mass is 15.1. The molecule has 1 heterocycles. The van der Waals surface area contributed by atoms with Gasteiger partial charge >= 0.3 is 0 Å². The van der Waals surface area contributed by atoms with Crippen LogP contribution in [0.25, 0.3) is 0 Å². The average Bonchev–Trinajstić information content (AvgIpc) is 2.38. The lowest BCUT2D eigenvalue weighted by Gasteiger charge is -2.30. The number of rotatable bonds is 5. The predicted octanol–water partition coefficient (Wildman–Crippen LogP) is 2.87. The third-order valence-electron chi connectivity index (χ3n) is 3.74. The third-order valence-corrected chi connectivity index (χ3v) is 3.74. The van der Waals surface area contributed by atoms with E-state index in [1.807, 2.05) is 6.07 Å². The highest BCUT2D eigenvalue weighted by Gasteiger charge is 2.21. The van der Waals surface area contributed by atoms with E-state index in [0.29, 0.717) is 17.9 Å². The molecular formula is C14H25N5. The Hall–Kier alpha value is -1.52. The number of hydrogen-bond acceptors (Lipinski definition) is 5. The number of aromatic nitrogens is 2. The molecule has 2 rings (SSSR count). The van der Waals surface area contributed by atoms with E-state index in [1.165, 1.54) is 25.7 Å². The summed E-state index contributed by atoms with van der Waals surface area (Å²) in [4.78, 5) is 8.49. The molecule has 0 amide bonds. The summed E-state index contributed by atoms with van der Waals surface area (Å²) in [7, 11) is 0. The molecule has 1 aromatic heterocycles. The number of nitrogens with two attached hydrogens (primary N) is 1. The van der Waals surface area contributed by atoms with Crippen LogP contribution in [0.15, 0.2) is 6.07 Å². The summed E-state index contributed by atoms with van der Waals surface area (Å²) in [5, 5.41) is 6.77. The molecule has 4 N–H and O–H groups in total. The second-order valence-electron chi connectivity index (χ2n) is 5.44. The first-order chi connectivity index (χ1) is 9.19. The second-order valence-corrected chi connectivity index (χ2v) is 5.44. The molecule has 5 nitrogen and oxygen atoms in total. The molecule has 2 atom stereocenters. The van der Waals surface area contributed by atoms with Crippen LogP contribution in [0.5, 0.6) is 0 Å². The number of anilines is 3. The minimum absolute atomic E-state index is 0.326. The largest absolute Gasteiger partial charge is 0.370 e. The molecular weight excluding hydrogens is 238 g/mol. The van der Waals surface area contributed by atoms with Crippen molar-refractivity contribution in [3.05, 3.63) is 6.07 Å². The fourth-order valence-electron chi connectivity index (χ4n) is 2.60. The van der Waals surface area contributed by atoms with Gasteiger partial charge in [-0.1, -0.05) is 26.7 Å². The van der Waals surface area contributed by atoms with E-state index in [4.69, 9.17) is 5.73 Å². The summed E-state index contributed by atoms with van der Waals surface area (Å²) in [5.41, 5.74) is 5.77. The zero-order valence-corrected chi connectivity index (χ0v) is 11.9. The van der Waals surface area contributed by atoms with Crippen molar-refractivity contribution in [1.82, 2.24) is 9.97 Å². The van der Waals surface area contributed by atoms with Crippen LogP contribution in [0.2, 0.25) is 0 Å². The highest BCUT2D eigenvalue weighted by Crippen LogP contribution is 2.26. The lowest BCUT2D eigenvalue weighted by Crippen LogP contribution is -2.30. The zero-order chi connectivity index (χ0) is 13.7. The SMILES string of the molecule is CCCNc1cc(NC2CCCCC2C)nc(N)n1. The van der Waals surface area contributed by atoms with Crippen molar-refractivity contribution < 1.29 is 0 Å². The highest BCUT2D eigenvalue weighted by molar-refractivity contribution is 5.51. The van der Waals surface area contributed by atoms with Crippen molar-refractivity contribution in [3.63, 3.8) is 0 Å². The van der Waals surface area contributed by atoms with Gasteiger partial charge in [-0.15, -0.1) is 0 Å². The maximum absolute atomic E-state index is 5.77. The van der Waals surface area contributed by atoms with E-state index >= 15 is 0 Å². The van der Waals surface area contributed by atoms with Gasteiger partial charge in [0.15, 0.2) is 0 Å². The van der Waals surface area contributed by atoms with E-state index in [2.05, 4.69) is 34.4 Å². The first kappa shape index (κ1) is 13.9. The monoisotopic (exact) mass is 263 g/mol. The first-order valence-corrected chi connectivity index (χ1v) is 7.34. The molecule has 19 heavy (non-hydrogen) atoms. The summed E-state index contributed by atoms with van der Waals surface area (Å²) in [6, 6.07) is 2.45. The Balaban J connectivity index is 2.04. The van der Waals surface area contributed by atoms with Crippen molar-refractivity contribution in [2.45, 2.75) is 52.0 Å². The lowest BCUT2D eigenvalue weighted by molar-refractivity contribution is 0.349. The quantitative estimate of drug-likeness (QED) is 0.761. The number of nitrogens with zero attached hydrogens (tertiary/aromatic N) is 2. The van der Waals surface area contributed by atoms with Gasteiger partial charge in [-0.2, -0.15) is 9.97 Å². The topological polar surface area (TPSA) is 75.9 Å². The fourth-order valence-corrected chi connectivity index (χ4v) is 2.60. The van der Waals surface area contributed by atoms with Crippen LogP contribution in [0.4, 0.5) is 17.6 Å². The van der Waals surface area contributed by atoms with Gasteiger partial charge in [0.2, 0.25) is 5.95 Å². The molecule has 1 aliphatic rings. The molecule has 2 unspecified atom stereocenters. The summed E-state index contributed by atoms with van der Waals surface area (Å²) in [6.45, 7) is 5.33. The molecule has 1 saturated carbocycles. The predicted molar refractivity (Wildman–Crippen MR) is 80.3 cm³/mol. The van der Waals surface area contributed by atoms with Gasteiger partial charge in [-0.25, -0.2) is 0 Å². The number of hydrogen-bond donors (Lipinski definition) is 3. The maximum Gasteiger partial charge on any atom is 0.223 e. The standard InChI is InChI=1S/C14H25N5/c1-3-8-16-12-9-13(19-14(15)18-12)17-11-7-5-4-6-10(11)2/h9-11H,3-8H2,1-2H3,(H4,15,16,17,18,19). The Morgan fingerprint density at radius 1 is 1.26 bits per heavy atom. The van der Waals surface area contributed by atoms with Crippen LogP contribution in [-0.4, -0.2) is 22.6 Å². The van der Waals surface area contributed by atoms with Crippen molar-refractivity contribution in [1.29, 1.82) is 0 Å². The van der Waals surface area contributed by atoms with Crippen LogP contribution in [0.3, 0.4) is 0 Å². The van der Waals surface area contributed by atoms with E-state index in [1.54, 1.807) is 0 Å². The summed E-state index contributed by atoms with van der Waals surface area (Å²) in [5.74, 6) is 2.66. The molecule has 0 aromatic carbocycles. The first-order valence-electron chi connectivity index (χ1n) is 7.34. The van der Waals surface area contributed by atoms with E-state index in [0.717, 1.165) is 24.6 Å². The molecule has 1 fully saturated rings. The molecule has 106 valence electrons. The Bertz CT molecular complexity index is 407. The van der Waals surface area contributed by atoms with E-state index in [-0.39, 0.29) is 0 Å². The Morgan fingerprint density at radius 3 is 2.74 bits per heavy atom. The van der Waals surface area contributed by atoms with Crippen LogP contribution < -0.4 is 16.4 Å². The van der Waals surface area contributed by atoms with Crippen molar-refractivity contribution in [2.75, 3.05) is 22.9 Å². The van der Waals surface area contributed by atoms with Gasteiger partial charge < -0.3 is 16.4 Å². The molecule has 5 heteroatoms. The maximum atomic E-state index is 5.77. The van der Waals surface area contributed by atoms with Crippen molar-refractivity contribution in [2.24, 2.45) is 5.92 Å². The van der Waals surface area contributed by atoms with Gasteiger partial charge in [0.25, 0.3) is 0 Å². The lowest BCUT2D eigenvalue weighted by atomic mass is 9.86. The van der Waals surface area contributed by atoms with Gasteiger partial charge in [0.05, 0.1) is 0 Å². The van der Waals surface area contributed by atoms with Crippen molar-refractivity contribution in [3.8, 4) is 0 Å². The summed E-state index contributed by atoms with van der Waals surface area (Å²) < 4.78 is 0. The molecule has 0 spiro atoms. The summed E-state index contributed by atoms with van der Waals surface area (Å²) >= 11 is 0. The second kappa shape index (κ2) is 6.59. The average molecular weight is 263 g/mol. The van der Waals surface area contributed by atoms with E-state index in [9.17, 15) is 0 Å². The van der Waals surface area contributed by atoms with Crippen LogP contribution in [0, 0.1) is 5.92 Å². The molecule has 1 aromatic rings. The minimum atomic E-state index is 0.326. The Labute approximate surface area is 115 Å². The molecule has 0 saturated heterocycles. The van der Waals surface area contributed by atoms with Crippen LogP contribution in [0.1, 0.15) is 46.0 Å². The van der Waals surface area contributed by atoms with Crippen LogP contribution >= 0.6 is 0 Å². The minimum Gasteiger partial charge on any atom is -0.370 e. The number of nitrogens with one attached hydrogen (secondary N) is 2. The molecule has 0 radical (unpaired) electrons. The third kappa shape index (κ3) is 3.98. The fraction of sp³-hybridized carbons (Fsp3) is 0.714. The van der Waals surface area contributed by atoms with Gasteiger partial charge in [-0.3, -0.25) is 0 Å². The Morgan fingerprint density at radius 2 is 2.00 bits per heavy atom. The van der Waals surface area contributed by atoms with Crippen molar-refractivity contribution >= 4 is 17.6 Å². The molecule has 0 bridgehead atoms. The van der Waals surface area contributed by atoms with Crippen LogP contribution in [-0.2, 0) is 0 Å². The molecule has 1 aliphatic carbocycles. The van der Waals surface area contributed by atoms with E-state index < -0.39 is 0 Å². The molecule has 0 aliphatic heterocycles. The normalized spacial score (nSPS) is 23.1. The van der Waals surface area contributed by atoms with Gasteiger partial charge in [0, 0.05) is 18.7 Å². The number of nitrogen functional groups attached to an aromatic ring is 1.